The topological polar surface area (TPSA) is 100 Å². The van der Waals surface area contributed by atoms with Crippen molar-refractivity contribution in [3.8, 4) is 5.75 Å². The number of carbonyl (C=O) groups excluding carboxylic acids is 2. The van der Waals surface area contributed by atoms with Crippen molar-refractivity contribution in [1.29, 1.82) is 0 Å². The van der Waals surface area contributed by atoms with E-state index < -0.39 is 5.41 Å². The van der Waals surface area contributed by atoms with Crippen LogP contribution in [-0.4, -0.2) is 46.2 Å². The molecule has 164 valence electrons. The molecule has 3 aromatic rings. The fourth-order valence-electron chi connectivity index (χ4n) is 5.59. The number of fused-ring (bicyclic) bond motifs is 3. The summed E-state index contributed by atoms with van der Waals surface area (Å²) in [6.07, 6.45) is 7.13. The number of ether oxygens (including phenoxy) is 1. The molecule has 4 heterocycles. The largest absolute Gasteiger partial charge is 0.489 e. The van der Waals surface area contributed by atoms with Crippen molar-refractivity contribution in [2.75, 3.05) is 18.0 Å². The third-order valence-electron chi connectivity index (χ3n) is 7.22. The molecule has 6 rings (SSSR count). The van der Waals surface area contributed by atoms with Crippen molar-refractivity contribution in [3.05, 3.63) is 48.3 Å². The molecule has 3 aliphatic rings. The number of nitrogens with zero attached hydrogens (tertiary/aromatic N) is 3. The summed E-state index contributed by atoms with van der Waals surface area (Å²) in [5.74, 6) is 1.15. The van der Waals surface area contributed by atoms with E-state index in [4.69, 9.17) is 4.74 Å². The Bertz CT molecular complexity index is 1200. The lowest BCUT2D eigenvalue weighted by molar-refractivity contribution is -0.125. The molecule has 2 N–H and O–H groups in total. The molecule has 2 fully saturated rings. The van der Waals surface area contributed by atoms with Gasteiger partial charge in [-0.25, -0.2) is 4.98 Å². The van der Waals surface area contributed by atoms with Crippen LogP contribution in [0.15, 0.2) is 42.7 Å². The maximum atomic E-state index is 13.7. The maximum absolute atomic E-state index is 13.7. The molecule has 1 unspecified atom stereocenters. The van der Waals surface area contributed by atoms with Gasteiger partial charge in [0.1, 0.15) is 5.75 Å². The lowest BCUT2D eigenvalue weighted by Crippen LogP contribution is -2.45. The van der Waals surface area contributed by atoms with Crippen molar-refractivity contribution in [2.45, 2.75) is 43.6 Å². The van der Waals surface area contributed by atoms with Gasteiger partial charge < -0.3 is 15.0 Å². The molecule has 0 radical (unpaired) electrons. The summed E-state index contributed by atoms with van der Waals surface area (Å²) in [7, 11) is 0. The summed E-state index contributed by atoms with van der Waals surface area (Å²) in [4.78, 5) is 31.7. The summed E-state index contributed by atoms with van der Waals surface area (Å²) < 4.78 is 6.23. The number of H-pyrrole nitrogens is 1. The van der Waals surface area contributed by atoms with Crippen LogP contribution in [0.4, 0.5) is 5.69 Å². The number of hydrogen-bond donors (Lipinski definition) is 2. The minimum absolute atomic E-state index is 0.0532. The van der Waals surface area contributed by atoms with Crippen molar-refractivity contribution < 1.29 is 14.3 Å². The number of nitrogens with one attached hydrogen (secondary N) is 2. The Hall–Kier alpha value is -3.42. The van der Waals surface area contributed by atoms with Gasteiger partial charge >= 0.3 is 0 Å². The van der Waals surface area contributed by atoms with Gasteiger partial charge in [0, 0.05) is 36.5 Å². The minimum atomic E-state index is -0.487. The standard InChI is InChI=1S/C24H25N5O3/c30-21-9-15(11-25-21)14-29-20-4-2-1-3-19(20)24(23(29)31)7-5-17(6-8-24)32-18-10-16-12-27-28-22(16)26-13-18/h1-4,10,12-13,15,17H,5-9,11,14H2,(H,25,30)(H,26,27,28). The average Bonchev–Trinajstić information content (AvgIpc) is 3.50. The minimum Gasteiger partial charge on any atom is -0.489 e. The first-order valence-corrected chi connectivity index (χ1v) is 11.3. The Kier molecular flexibility index (Phi) is 4.41. The van der Waals surface area contributed by atoms with Crippen LogP contribution >= 0.6 is 0 Å². The van der Waals surface area contributed by atoms with E-state index >= 15 is 0 Å². The Morgan fingerprint density at radius 3 is 2.81 bits per heavy atom. The van der Waals surface area contributed by atoms with E-state index in [1.807, 2.05) is 29.2 Å². The zero-order valence-electron chi connectivity index (χ0n) is 17.7. The van der Waals surface area contributed by atoms with Gasteiger partial charge in [-0.2, -0.15) is 5.10 Å². The van der Waals surface area contributed by atoms with E-state index in [0.717, 1.165) is 53.7 Å². The fraction of sp³-hybridized carbons (Fsp3) is 0.417. The number of pyridine rings is 1. The number of aromatic amines is 1. The first-order valence-electron chi connectivity index (χ1n) is 11.3. The highest BCUT2D eigenvalue weighted by Crippen LogP contribution is 2.50. The second-order valence-corrected chi connectivity index (χ2v) is 9.19. The van der Waals surface area contributed by atoms with Crippen LogP contribution in [0.2, 0.25) is 0 Å². The SMILES string of the molecule is O=C1CC(CN2C(=O)C3(CCC(Oc4cnc5[nH]ncc5c4)CC3)c3ccccc32)CN1. The molecule has 0 bridgehead atoms. The maximum Gasteiger partial charge on any atom is 0.237 e. The molecular formula is C24H25N5O3. The van der Waals surface area contributed by atoms with Crippen LogP contribution in [0.5, 0.6) is 5.75 Å². The number of anilines is 1. The molecule has 1 saturated carbocycles. The van der Waals surface area contributed by atoms with Crippen LogP contribution in [0.25, 0.3) is 11.0 Å². The summed E-state index contributed by atoms with van der Waals surface area (Å²) in [6, 6.07) is 10.1. The molecule has 2 amide bonds. The smallest absolute Gasteiger partial charge is 0.237 e. The van der Waals surface area contributed by atoms with Crippen molar-refractivity contribution in [2.24, 2.45) is 5.92 Å². The molecule has 1 spiro atoms. The van der Waals surface area contributed by atoms with E-state index in [2.05, 4.69) is 26.6 Å². The predicted octanol–water partition coefficient (Wildman–Crippen LogP) is 2.70. The molecule has 32 heavy (non-hydrogen) atoms. The van der Waals surface area contributed by atoms with Crippen molar-refractivity contribution in [1.82, 2.24) is 20.5 Å². The second kappa shape index (κ2) is 7.32. The van der Waals surface area contributed by atoms with Crippen molar-refractivity contribution in [3.63, 3.8) is 0 Å². The first-order chi connectivity index (χ1) is 15.6. The predicted molar refractivity (Wildman–Crippen MR) is 118 cm³/mol. The number of aromatic nitrogens is 3. The number of carbonyl (C=O) groups is 2. The van der Waals surface area contributed by atoms with Gasteiger partial charge in [0.25, 0.3) is 0 Å². The van der Waals surface area contributed by atoms with Crippen LogP contribution < -0.4 is 15.0 Å². The Labute approximate surface area is 185 Å². The Balaban J connectivity index is 1.20. The molecule has 2 aliphatic heterocycles. The van der Waals surface area contributed by atoms with Crippen LogP contribution in [0, 0.1) is 5.92 Å². The third kappa shape index (κ3) is 3.04. The molecule has 8 heteroatoms. The van der Waals surface area contributed by atoms with Gasteiger partial charge in [-0.3, -0.25) is 14.7 Å². The quantitative estimate of drug-likeness (QED) is 0.662. The summed E-state index contributed by atoms with van der Waals surface area (Å²) in [5.41, 5.74) is 2.39. The Morgan fingerprint density at radius 1 is 1.16 bits per heavy atom. The van der Waals surface area contributed by atoms with E-state index in [0.29, 0.717) is 19.5 Å². The first kappa shape index (κ1) is 19.3. The monoisotopic (exact) mass is 431 g/mol. The summed E-state index contributed by atoms with van der Waals surface area (Å²) in [6.45, 7) is 1.23. The number of amides is 2. The van der Waals surface area contributed by atoms with Crippen LogP contribution in [0.1, 0.15) is 37.7 Å². The molecule has 8 nitrogen and oxygen atoms in total. The Morgan fingerprint density at radius 2 is 2.00 bits per heavy atom. The lowest BCUT2D eigenvalue weighted by Gasteiger charge is -2.36. The van der Waals surface area contributed by atoms with Gasteiger partial charge in [0.15, 0.2) is 5.65 Å². The van der Waals surface area contributed by atoms with Crippen molar-refractivity contribution >= 4 is 28.5 Å². The molecule has 1 saturated heterocycles. The zero-order valence-corrected chi connectivity index (χ0v) is 17.7. The number of para-hydroxylation sites is 1. The number of hydrogen-bond acceptors (Lipinski definition) is 5. The highest BCUT2D eigenvalue weighted by atomic mass is 16.5. The third-order valence-corrected chi connectivity index (χ3v) is 7.22. The molecule has 2 aromatic heterocycles. The van der Waals surface area contributed by atoms with Gasteiger partial charge in [-0.1, -0.05) is 18.2 Å². The van der Waals surface area contributed by atoms with Crippen LogP contribution in [0.3, 0.4) is 0 Å². The highest BCUT2D eigenvalue weighted by Gasteiger charge is 2.52. The van der Waals surface area contributed by atoms with Gasteiger partial charge in [-0.15, -0.1) is 0 Å². The second-order valence-electron chi connectivity index (χ2n) is 9.19. The molecule has 1 atom stereocenters. The summed E-state index contributed by atoms with van der Waals surface area (Å²) in [5, 5.41) is 10.7. The number of rotatable bonds is 4. The van der Waals surface area contributed by atoms with E-state index in [1.165, 1.54) is 0 Å². The normalized spacial score (nSPS) is 27.2. The molecule has 1 aliphatic carbocycles. The molecule has 1 aromatic carbocycles. The van der Waals surface area contributed by atoms with E-state index in [9.17, 15) is 9.59 Å². The lowest BCUT2D eigenvalue weighted by atomic mass is 9.69. The molecular weight excluding hydrogens is 406 g/mol. The fourth-order valence-corrected chi connectivity index (χ4v) is 5.59. The average molecular weight is 431 g/mol. The van der Waals surface area contributed by atoms with Gasteiger partial charge in [0.2, 0.25) is 11.8 Å². The van der Waals surface area contributed by atoms with Crippen LogP contribution in [-0.2, 0) is 15.0 Å². The van der Waals surface area contributed by atoms with Gasteiger partial charge in [-0.05, 0) is 43.4 Å². The summed E-state index contributed by atoms with van der Waals surface area (Å²) >= 11 is 0. The van der Waals surface area contributed by atoms with E-state index in [1.54, 1.807) is 12.4 Å². The van der Waals surface area contributed by atoms with E-state index in [-0.39, 0.29) is 23.8 Å². The highest BCUT2D eigenvalue weighted by molar-refractivity contribution is 6.08. The zero-order chi connectivity index (χ0) is 21.7. The number of benzene rings is 1. The van der Waals surface area contributed by atoms with Gasteiger partial charge in [0.05, 0.1) is 23.9 Å².